The number of hydrogen-bond acceptors (Lipinski definition) is 3. The lowest BCUT2D eigenvalue weighted by molar-refractivity contribution is 0.230. The van der Waals surface area contributed by atoms with Gasteiger partial charge in [-0.3, -0.25) is 0 Å². The molecule has 5 heterocycles. The van der Waals surface area contributed by atoms with E-state index in [1.807, 2.05) is 49.9 Å². The molecule has 0 unspecified atom stereocenters. The predicted molar refractivity (Wildman–Crippen MR) is 132 cm³/mol. The summed E-state index contributed by atoms with van der Waals surface area (Å²) in [6.45, 7) is 15.0. The summed E-state index contributed by atoms with van der Waals surface area (Å²) in [5.41, 5.74) is 6.36. The molecule has 1 aliphatic heterocycles. The van der Waals surface area contributed by atoms with Crippen LogP contribution in [-0.2, 0) is 0 Å². The number of allylic oxidation sites excluding steroid dienone is 1. The Balaban J connectivity index is 0.000000230. The molecule has 0 atom stereocenters. The van der Waals surface area contributed by atoms with Gasteiger partial charge in [-0.05, 0) is 81.2 Å². The molecule has 0 radical (unpaired) electrons. The van der Waals surface area contributed by atoms with Crippen molar-refractivity contribution >= 4 is 22.1 Å². The number of pyridine rings is 2. The first-order valence-corrected chi connectivity index (χ1v) is 11.3. The minimum Gasteiger partial charge on any atom is -0.346 e. The molecule has 0 spiro atoms. The molecule has 5 heteroatoms. The molecule has 0 bridgehead atoms. The van der Waals surface area contributed by atoms with Crippen molar-refractivity contribution in [2.45, 2.75) is 40.5 Å². The summed E-state index contributed by atoms with van der Waals surface area (Å²) in [6, 6.07) is 8.25. The van der Waals surface area contributed by atoms with E-state index in [4.69, 9.17) is 0 Å². The fourth-order valence-electron chi connectivity index (χ4n) is 3.81. The summed E-state index contributed by atoms with van der Waals surface area (Å²) in [5.74, 6) is 0.978. The number of aromatic nitrogens is 4. The molecule has 1 N–H and O–H groups in total. The molecule has 0 amide bonds. The highest BCUT2D eigenvalue weighted by molar-refractivity contribution is 5.94. The summed E-state index contributed by atoms with van der Waals surface area (Å²) in [6.07, 6.45) is 10.4. The van der Waals surface area contributed by atoms with E-state index < -0.39 is 0 Å². The number of nitrogens with one attached hydrogen (secondary N) is 1. The largest absolute Gasteiger partial charge is 0.346 e. The van der Waals surface area contributed by atoms with Crippen LogP contribution in [-0.4, -0.2) is 44.6 Å². The zero-order chi connectivity index (χ0) is 22.4. The van der Waals surface area contributed by atoms with Crippen molar-refractivity contribution in [2.75, 3.05) is 20.1 Å². The van der Waals surface area contributed by atoms with Crippen LogP contribution in [0.5, 0.6) is 0 Å². The Morgan fingerprint density at radius 2 is 1.94 bits per heavy atom. The van der Waals surface area contributed by atoms with Crippen molar-refractivity contribution < 1.29 is 0 Å². The van der Waals surface area contributed by atoms with Crippen molar-refractivity contribution in [1.82, 2.24) is 24.5 Å². The number of likely N-dealkylation sites (tertiary alicyclic amines) is 1. The topological polar surface area (TPSA) is 49.2 Å². The average Bonchev–Trinajstić information content (AvgIpc) is 3.41. The summed E-state index contributed by atoms with van der Waals surface area (Å²) < 4.78 is 1.88. The minimum atomic E-state index is 0.904. The number of H-pyrrole nitrogens is 1. The Bertz CT molecular complexity index is 1120. The molecule has 164 valence electrons. The van der Waals surface area contributed by atoms with Gasteiger partial charge in [0.2, 0.25) is 0 Å². The lowest BCUT2D eigenvalue weighted by Gasteiger charge is -2.26. The Hall–Kier alpha value is -2.92. The van der Waals surface area contributed by atoms with Crippen LogP contribution in [0, 0.1) is 5.92 Å². The maximum absolute atomic E-state index is 4.36. The third-order valence-electron chi connectivity index (χ3n) is 5.75. The summed E-state index contributed by atoms with van der Waals surface area (Å²) in [4.78, 5) is 9.96. The lowest BCUT2D eigenvalue weighted by atomic mass is 10.00. The van der Waals surface area contributed by atoms with E-state index in [0.29, 0.717) is 0 Å². The van der Waals surface area contributed by atoms with Crippen LogP contribution in [0.3, 0.4) is 0 Å². The number of fused-ring (bicyclic) bond motifs is 2. The van der Waals surface area contributed by atoms with E-state index >= 15 is 0 Å². The van der Waals surface area contributed by atoms with Gasteiger partial charge in [-0.1, -0.05) is 27.4 Å². The van der Waals surface area contributed by atoms with Crippen molar-refractivity contribution in [3.63, 3.8) is 0 Å². The minimum absolute atomic E-state index is 0.904. The fourth-order valence-corrected chi connectivity index (χ4v) is 3.81. The van der Waals surface area contributed by atoms with Gasteiger partial charge in [-0.2, -0.15) is 5.10 Å². The number of nitrogens with zero attached hydrogens (tertiary/aromatic N) is 4. The number of hydrogen-bond donors (Lipinski definition) is 1. The van der Waals surface area contributed by atoms with Gasteiger partial charge in [0.15, 0.2) is 0 Å². The quantitative estimate of drug-likeness (QED) is 0.417. The smallest absolute Gasteiger partial charge is 0.137 e. The Kier molecular flexibility index (Phi) is 7.64. The van der Waals surface area contributed by atoms with Gasteiger partial charge in [-0.15, -0.1) is 0 Å². The molecule has 1 saturated heterocycles. The van der Waals surface area contributed by atoms with E-state index in [1.54, 1.807) is 6.20 Å². The molecule has 0 aliphatic carbocycles. The van der Waals surface area contributed by atoms with Crippen LogP contribution < -0.4 is 0 Å². The van der Waals surface area contributed by atoms with Crippen LogP contribution in [0.1, 0.15) is 46.1 Å². The van der Waals surface area contributed by atoms with Crippen molar-refractivity contribution in [3.05, 3.63) is 61.2 Å². The molecule has 1 fully saturated rings. The van der Waals surface area contributed by atoms with Gasteiger partial charge in [0.05, 0.1) is 11.7 Å². The van der Waals surface area contributed by atoms with Crippen LogP contribution in [0.2, 0.25) is 0 Å². The van der Waals surface area contributed by atoms with E-state index in [2.05, 4.69) is 58.7 Å². The average molecular weight is 418 g/mol. The van der Waals surface area contributed by atoms with Crippen LogP contribution in [0.25, 0.3) is 33.3 Å². The summed E-state index contributed by atoms with van der Waals surface area (Å²) in [7, 11) is 2.20. The predicted octanol–water partition coefficient (Wildman–Crippen LogP) is 6.29. The van der Waals surface area contributed by atoms with E-state index in [-0.39, 0.29) is 0 Å². The highest BCUT2D eigenvalue weighted by Crippen LogP contribution is 2.29. The van der Waals surface area contributed by atoms with Gasteiger partial charge in [0.25, 0.3) is 0 Å². The first-order valence-electron chi connectivity index (χ1n) is 11.3. The third kappa shape index (κ3) is 5.23. The first kappa shape index (κ1) is 22.8. The Morgan fingerprint density at radius 3 is 2.61 bits per heavy atom. The monoisotopic (exact) mass is 417 g/mol. The third-order valence-corrected chi connectivity index (χ3v) is 5.75. The normalized spacial score (nSPS) is 14.6. The number of piperidine rings is 1. The molecule has 4 aromatic heterocycles. The lowest BCUT2D eigenvalue weighted by Crippen LogP contribution is -2.28. The van der Waals surface area contributed by atoms with Gasteiger partial charge >= 0.3 is 0 Å². The molecule has 5 rings (SSSR count). The van der Waals surface area contributed by atoms with Crippen molar-refractivity contribution in [3.8, 4) is 11.1 Å². The van der Waals surface area contributed by atoms with Crippen LogP contribution in [0.4, 0.5) is 0 Å². The first-order chi connectivity index (χ1) is 15.0. The zero-order valence-corrected chi connectivity index (χ0v) is 19.5. The molecule has 1 aliphatic rings. The zero-order valence-electron chi connectivity index (χ0n) is 19.5. The molecule has 0 aromatic carbocycles. The van der Waals surface area contributed by atoms with Gasteiger partial charge < -0.3 is 9.88 Å². The van der Waals surface area contributed by atoms with Crippen molar-refractivity contribution in [1.29, 1.82) is 0 Å². The van der Waals surface area contributed by atoms with E-state index in [9.17, 15) is 0 Å². The standard InChI is InChI=1S/C17H14N4.C7H15N.C2H6/c1-11(2)14-10-20-21-7-5-12(8-16(14)21)15-9-19-17-13(15)4-3-6-18-17;1-7-3-5-8(2)6-4-7;1-2/h3-10H,1H2,2H3,(H,18,19);7H,3-6H2,1-2H3;1-2H3. The molecule has 4 aromatic rings. The van der Waals surface area contributed by atoms with Gasteiger partial charge in [0.1, 0.15) is 5.65 Å². The maximum atomic E-state index is 4.36. The van der Waals surface area contributed by atoms with Gasteiger partial charge in [0, 0.05) is 35.1 Å². The van der Waals surface area contributed by atoms with Crippen LogP contribution in [0.15, 0.2) is 55.6 Å². The molecule has 0 saturated carbocycles. The molecule has 5 nitrogen and oxygen atoms in total. The molecule has 31 heavy (non-hydrogen) atoms. The number of rotatable bonds is 2. The van der Waals surface area contributed by atoms with Gasteiger partial charge in [-0.25, -0.2) is 9.50 Å². The van der Waals surface area contributed by atoms with Crippen LogP contribution >= 0.6 is 0 Å². The summed E-state index contributed by atoms with van der Waals surface area (Å²) in [5, 5.41) is 5.48. The van der Waals surface area contributed by atoms with Crippen molar-refractivity contribution in [2.24, 2.45) is 5.92 Å². The second kappa shape index (κ2) is 10.4. The highest BCUT2D eigenvalue weighted by Gasteiger charge is 2.11. The van der Waals surface area contributed by atoms with E-state index in [1.165, 1.54) is 25.9 Å². The fraction of sp³-hybridized carbons (Fsp3) is 0.385. The Labute approximate surface area is 185 Å². The number of aromatic amines is 1. The molecular formula is C26H35N5. The summed E-state index contributed by atoms with van der Waals surface area (Å²) >= 11 is 0. The second-order valence-electron chi connectivity index (χ2n) is 8.17. The molecular weight excluding hydrogens is 382 g/mol. The van der Waals surface area contributed by atoms with E-state index in [0.717, 1.165) is 44.7 Å². The second-order valence-corrected chi connectivity index (χ2v) is 8.17. The SMILES string of the molecule is C=C(C)c1cnn2ccc(-c3c[nH]c4ncccc34)cc12.CC.CC1CCN(C)CC1. The highest BCUT2D eigenvalue weighted by atomic mass is 15.2. The Morgan fingerprint density at radius 1 is 1.19 bits per heavy atom. The maximum Gasteiger partial charge on any atom is 0.137 e.